The van der Waals surface area contributed by atoms with Gasteiger partial charge in [-0.25, -0.2) is 4.79 Å². The molecule has 1 heterocycles. The Labute approximate surface area is 114 Å². The van der Waals surface area contributed by atoms with E-state index >= 15 is 0 Å². The molecule has 5 heteroatoms. The van der Waals surface area contributed by atoms with Crippen molar-refractivity contribution < 1.29 is 24.9 Å². The van der Waals surface area contributed by atoms with Crippen molar-refractivity contribution in [2.45, 2.75) is 13.0 Å². The molecule has 1 atom stereocenters. The number of ether oxygens (including phenoxy) is 1. The second-order valence-corrected chi connectivity index (χ2v) is 4.74. The normalized spacial score (nSPS) is 16.9. The third-order valence-corrected chi connectivity index (χ3v) is 3.33. The first-order chi connectivity index (χ1) is 9.49. The molecule has 1 unspecified atom stereocenters. The highest BCUT2D eigenvalue weighted by Crippen LogP contribution is 2.46. The molecule has 0 spiro atoms. The van der Waals surface area contributed by atoms with E-state index in [-0.39, 0.29) is 33.9 Å². The number of phenols is 3. The Morgan fingerprint density at radius 3 is 2.30 bits per heavy atom. The Balaban J connectivity index is 2.24. The van der Waals surface area contributed by atoms with Crippen molar-refractivity contribution in [2.24, 2.45) is 0 Å². The molecule has 0 fully saturated rings. The summed E-state index contributed by atoms with van der Waals surface area (Å²) in [6.07, 6.45) is -1.01. The highest BCUT2D eigenvalue weighted by atomic mass is 16.6. The van der Waals surface area contributed by atoms with Gasteiger partial charge in [0.05, 0.1) is 16.7 Å². The van der Waals surface area contributed by atoms with Gasteiger partial charge in [0, 0.05) is 0 Å². The molecule has 1 aliphatic heterocycles. The van der Waals surface area contributed by atoms with Crippen LogP contribution in [-0.2, 0) is 4.74 Å². The maximum atomic E-state index is 11.9. The lowest BCUT2D eigenvalue weighted by molar-refractivity contribution is 0.0448. The third-order valence-electron chi connectivity index (χ3n) is 3.33. The highest BCUT2D eigenvalue weighted by molar-refractivity contribution is 5.96. The number of hydrogen-bond acceptors (Lipinski definition) is 5. The molecule has 20 heavy (non-hydrogen) atoms. The number of phenolic OH excluding ortho intramolecular Hbond substituents is 3. The predicted octanol–water partition coefficient (Wildman–Crippen LogP) is 2.37. The van der Waals surface area contributed by atoms with Gasteiger partial charge in [-0.05, 0) is 36.8 Å². The lowest BCUT2D eigenvalue weighted by atomic mass is 9.95. The van der Waals surface area contributed by atoms with Gasteiger partial charge in [0.1, 0.15) is 17.2 Å². The quantitative estimate of drug-likeness (QED) is 0.694. The molecule has 1 aliphatic rings. The van der Waals surface area contributed by atoms with Gasteiger partial charge in [0.15, 0.2) is 6.10 Å². The Morgan fingerprint density at radius 2 is 1.65 bits per heavy atom. The molecule has 102 valence electrons. The fraction of sp³-hybridized carbons (Fsp3) is 0.133. The van der Waals surface area contributed by atoms with Crippen LogP contribution in [0.25, 0.3) is 0 Å². The molecule has 0 aliphatic carbocycles. The first-order valence-corrected chi connectivity index (χ1v) is 6.04. The first-order valence-electron chi connectivity index (χ1n) is 6.04. The summed E-state index contributed by atoms with van der Waals surface area (Å²) in [7, 11) is 0. The highest BCUT2D eigenvalue weighted by Gasteiger charge is 2.38. The van der Waals surface area contributed by atoms with Gasteiger partial charge in [0.2, 0.25) is 0 Å². The van der Waals surface area contributed by atoms with Crippen molar-refractivity contribution in [1.82, 2.24) is 0 Å². The van der Waals surface area contributed by atoms with Gasteiger partial charge >= 0.3 is 5.97 Å². The number of aryl methyl sites for hydroxylation is 1. The average Bonchev–Trinajstić information content (AvgIpc) is 2.67. The summed E-state index contributed by atoms with van der Waals surface area (Å²) < 4.78 is 5.20. The summed E-state index contributed by atoms with van der Waals surface area (Å²) in [6.45, 7) is 1.75. The van der Waals surface area contributed by atoms with Crippen molar-refractivity contribution in [3.63, 3.8) is 0 Å². The van der Waals surface area contributed by atoms with E-state index in [1.165, 1.54) is 24.3 Å². The Kier molecular flexibility index (Phi) is 2.57. The van der Waals surface area contributed by atoms with Crippen LogP contribution in [0.15, 0.2) is 30.3 Å². The largest absolute Gasteiger partial charge is 0.507 e. The van der Waals surface area contributed by atoms with Crippen LogP contribution in [0.1, 0.15) is 33.2 Å². The number of carbonyl (C=O) groups is 1. The van der Waals surface area contributed by atoms with E-state index in [9.17, 15) is 20.1 Å². The smallest absolute Gasteiger partial charge is 0.339 e. The summed E-state index contributed by atoms with van der Waals surface area (Å²) in [6, 6.07) is 7.35. The number of rotatable bonds is 1. The van der Waals surface area contributed by atoms with E-state index in [4.69, 9.17) is 4.74 Å². The predicted molar refractivity (Wildman–Crippen MR) is 69.9 cm³/mol. The SMILES string of the molecule is Cc1cc(O)c2c(c1)C(=O)OC2c1c(O)cccc1O. The van der Waals surface area contributed by atoms with Crippen molar-refractivity contribution in [3.05, 3.63) is 52.6 Å². The number of fused-ring (bicyclic) bond motifs is 1. The molecule has 3 N–H and O–H groups in total. The van der Waals surface area contributed by atoms with Gasteiger partial charge < -0.3 is 20.1 Å². The van der Waals surface area contributed by atoms with Crippen LogP contribution in [-0.4, -0.2) is 21.3 Å². The zero-order chi connectivity index (χ0) is 14.4. The second kappa shape index (κ2) is 4.16. The molecule has 2 aromatic rings. The summed E-state index contributed by atoms with van der Waals surface area (Å²) in [5, 5.41) is 29.8. The molecule has 0 amide bonds. The van der Waals surface area contributed by atoms with Crippen LogP contribution in [0.4, 0.5) is 0 Å². The average molecular weight is 272 g/mol. The van der Waals surface area contributed by atoms with Crippen LogP contribution >= 0.6 is 0 Å². The molecule has 0 saturated carbocycles. The van der Waals surface area contributed by atoms with Gasteiger partial charge in [0.25, 0.3) is 0 Å². The minimum Gasteiger partial charge on any atom is -0.507 e. The van der Waals surface area contributed by atoms with Crippen LogP contribution < -0.4 is 0 Å². The lowest BCUT2D eigenvalue weighted by Crippen LogP contribution is -2.01. The maximum absolute atomic E-state index is 11.9. The molecule has 0 bridgehead atoms. The Bertz CT molecular complexity index is 700. The fourth-order valence-electron chi connectivity index (χ4n) is 2.47. The molecule has 0 aromatic heterocycles. The molecule has 0 saturated heterocycles. The number of aromatic hydroxyl groups is 3. The van der Waals surface area contributed by atoms with Gasteiger partial charge in [-0.15, -0.1) is 0 Å². The van der Waals surface area contributed by atoms with Gasteiger partial charge in [-0.2, -0.15) is 0 Å². The number of hydrogen-bond donors (Lipinski definition) is 3. The number of carbonyl (C=O) groups excluding carboxylic acids is 1. The summed E-state index contributed by atoms with van der Waals surface area (Å²) in [4.78, 5) is 11.9. The topological polar surface area (TPSA) is 87.0 Å². The van der Waals surface area contributed by atoms with Crippen LogP contribution in [0.3, 0.4) is 0 Å². The molecular formula is C15H12O5. The first kappa shape index (κ1) is 12.3. The van der Waals surface area contributed by atoms with E-state index in [0.29, 0.717) is 0 Å². The number of esters is 1. The van der Waals surface area contributed by atoms with Crippen molar-refractivity contribution in [1.29, 1.82) is 0 Å². The molecule has 2 aromatic carbocycles. The summed E-state index contributed by atoms with van der Waals surface area (Å²) in [5.41, 5.74) is 1.30. The third kappa shape index (κ3) is 1.67. The summed E-state index contributed by atoms with van der Waals surface area (Å²) in [5.74, 6) is -1.09. The Morgan fingerprint density at radius 1 is 1.00 bits per heavy atom. The van der Waals surface area contributed by atoms with E-state index in [2.05, 4.69) is 0 Å². The van der Waals surface area contributed by atoms with Gasteiger partial charge in [-0.1, -0.05) is 6.07 Å². The monoisotopic (exact) mass is 272 g/mol. The maximum Gasteiger partial charge on any atom is 0.339 e. The van der Waals surface area contributed by atoms with Gasteiger partial charge in [-0.3, -0.25) is 0 Å². The van der Waals surface area contributed by atoms with E-state index in [1.807, 2.05) is 0 Å². The zero-order valence-corrected chi connectivity index (χ0v) is 10.6. The minimum absolute atomic E-state index is 0.0683. The zero-order valence-electron chi connectivity index (χ0n) is 10.6. The summed E-state index contributed by atoms with van der Waals surface area (Å²) >= 11 is 0. The molecular weight excluding hydrogens is 260 g/mol. The minimum atomic E-state index is -1.01. The number of cyclic esters (lactones) is 1. The van der Waals surface area contributed by atoms with E-state index < -0.39 is 12.1 Å². The number of benzene rings is 2. The molecule has 3 rings (SSSR count). The van der Waals surface area contributed by atoms with E-state index in [1.54, 1.807) is 13.0 Å². The van der Waals surface area contributed by atoms with E-state index in [0.717, 1.165) is 5.56 Å². The standard InChI is InChI=1S/C15H12O5/c1-7-5-8-12(11(18)6-7)14(20-15(8)19)13-9(16)3-2-4-10(13)17/h2-6,14,16-18H,1H3. The molecule has 0 radical (unpaired) electrons. The lowest BCUT2D eigenvalue weighted by Gasteiger charge is -2.15. The van der Waals surface area contributed by atoms with Crippen molar-refractivity contribution >= 4 is 5.97 Å². The van der Waals surface area contributed by atoms with Crippen molar-refractivity contribution in [3.8, 4) is 17.2 Å². The Hall–Kier alpha value is -2.69. The molecule has 5 nitrogen and oxygen atoms in total. The fourth-order valence-corrected chi connectivity index (χ4v) is 2.47. The second-order valence-electron chi connectivity index (χ2n) is 4.74. The van der Waals surface area contributed by atoms with Crippen LogP contribution in [0, 0.1) is 6.92 Å². The van der Waals surface area contributed by atoms with Crippen molar-refractivity contribution in [2.75, 3.05) is 0 Å². The van der Waals surface area contributed by atoms with Crippen LogP contribution in [0.5, 0.6) is 17.2 Å². The van der Waals surface area contributed by atoms with Crippen LogP contribution in [0.2, 0.25) is 0 Å².